The number of amides is 3. The zero-order chi connectivity index (χ0) is 21.1. The molecule has 0 aliphatic carbocycles. The lowest BCUT2D eigenvalue weighted by Gasteiger charge is -2.49. The Hall–Kier alpha value is -2.66. The number of aliphatic carboxylic acids is 1. The van der Waals surface area contributed by atoms with Gasteiger partial charge in [-0.1, -0.05) is 0 Å². The number of carbonyl (C=O) groups excluding carboxylic acids is 3. The van der Waals surface area contributed by atoms with Gasteiger partial charge >= 0.3 is 18.0 Å². The fraction of sp³-hybridized carbons (Fsp3) is 0.412. The van der Waals surface area contributed by atoms with Gasteiger partial charge in [0, 0.05) is 24.6 Å². The molecular formula is C17H18ClN3O7S. The molecule has 3 heterocycles. The zero-order valence-corrected chi connectivity index (χ0v) is 16.8. The van der Waals surface area contributed by atoms with Crippen molar-refractivity contribution in [2.75, 3.05) is 25.3 Å². The number of esters is 1. The molecule has 0 bridgehead atoms. The highest BCUT2D eigenvalue weighted by Gasteiger charge is 2.54. The Balaban J connectivity index is 1.75. The molecule has 0 unspecified atom stereocenters. The van der Waals surface area contributed by atoms with Gasteiger partial charge in [-0.05, 0) is 17.7 Å². The summed E-state index contributed by atoms with van der Waals surface area (Å²) in [4.78, 5) is 48.8. The Morgan fingerprint density at radius 2 is 2.17 bits per heavy atom. The first-order valence-corrected chi connectivity index (χ1v) is 10.1. The van der Waals surface area contributed by atoms with Crippen molar-refractivity contribution in [3.63, 3.8) is 0 Å². The van der Waals surface area contributed by atoms with Crippen molar-refractivity contribution < 1.29 is 33.4 Å². The van der Waals surface area contributed by atoms with E-state index in [9.17, 15) is 24.3 Å². The molecule has 0 saturated carbocycles. The monoisotopic (exact) mass is 443 g/mol. The van der Waals surface area contributed by atoms with Crippen LogP contribution in [0.2, 0.25) is 0 Å². The Morgan fingerprint density at radius 1 is 1.41 bits per heavy atom. The van der Waals surface area contributed by atoms with Crippen LogP contribution in [0.25, 0.3) is 0 Å². The fourth-order valence-corrected chi connectivity index (χ4v) is 4.51. The largest absolute Gasteiger partial charge is 0.477 e. The molecule has 0 aromatic carbocycles. The molecular weight excluding hydrogens is 426 g/mol. The summed E-state index contributed by atoms with van der Waals surface area (Å²) in [6.07, 6.45) is 0.121. The van der Waals surface area contributed by atoms with Crippen LogP contribution >= 0.6 is 23.4 Å². The summed E-state index contributed by atoms with van der Waals surface area (Å²) >= 11 is 6.85. The maximum absolute atomic E-state index is 12.5. The summed E-state index contributed by atoms with van der Waals surface area (Å²) < 4.78 is 9.97. The first-order chi connectivity index (χ1) is 13.9. The molecule has 2 aliphatic rings. The number of hydrogen-bond acceptors (Lipinski definition) is 7. The number of nitrogens with one attached hydrogen (secondary N) is 2. The van der Waals surface area contributed by atoms with E-state index in [2.05, 4.69) is 15.4 Å². The highest BCUT2D eigenvalue weighted by atomic mass is 35.5. The van der Waals surface area contributed by atoms with Crippen molar-refractivity contribution in [1.82, 2.24) is 15.5 Å². The molecule has 1 fully saturated rings. The molecule has 0 radical (unpaired) electrons. The van der Waals surface area contributed by atoms with E-state index in [0.29, 0.717) is 17.1 Å². The normalized spacial score (nSPS) is 20.6. The number of nitrogens with zero attached hydrogens (tertiary/aromatic N) is 1. The molecule has 1 aromatic rings. The summed E-state index contributed by atoms with van der Waals surface area (Å²) in [6, 6.07) is 1.64. The molecule has 12 heteroatoms. The van der Waals surface area contributed by atoms with Crippen LogP contribution in [-0.4, -0.2) is 70.6 Å². The van der Waals surface area contributed by atoms with E-state index in [-0.39, 0.29) is 30.3 Å². The van der Waals surface area contributed by atoms with Crippen molar-refractivity contribution in [3.05, 3.63) is 34.9 Å². The number of fused-ring (bicyclic) bond motifs is 1. The van der Waals surface area contributed by atoms with Gasteiger partial charge in [0.15, 0.2) is 0 Å². The van der Waals surface area contributed by atoms with Gasteiger partial charge in [0.05, 0.1) is 7.11 Å². The standard InChI is InChI=1S/C17H18ClN3O7S/c1-27-16(25)10-3-2-9(28-10)6-8-7-29-14-11(20-17(26)19-5-4-18)13(22)21(14)12(8)15(23)24/h2-3,11,14H,4-7H2,1H3,(H,23,24)(H2,19,20,26)/t11-,14-/m1/s1. The van der Waals surface area contributed by atoms with Gasteiger partial charge in [-0.2, -0.15) is 0 Å². The molecule has 0 spiro atoms. The van der Waals surface area contributed by atoms with E-state index >= 15 is 0 Å². The lowest BCUT2D eigenvalue weighted by atomic mass is 10.0. The van der Waals surface area contributed by atoms with E-state index in [0.717, 1.165) is 0 Å². The second kappa shape index (κ2) is 8.78. The number of thioether (sulfide) groups is 1. The van der Waals surface area contributed by atoms with Gasteiger partial charge in [0.1, 0.15) is 22.9 Å². The average molecular weight is 444 g/mol. The summed E-state index contributed by atoms with van der Waals surface area (Å²) in [5, 5.41) is 14.2. The second-order valence-electron chi connectivity index (χ2n) is 6.17. The Morgan fingerprint density at radius 3 is 2.83 bits per heavy atom. The minimum atomic E-state index is -1.25. The summed E-state index contributed by atoms with van der Waals surface area (Å²) in [7, 11) is 1.23. The lowest BCUT2D eigenvalue weighted by molar-refractivity contribution is -0.148. The predicted octanol–water partition coefficient (Wildman–Crippen LogP) is 0.769. The third-order valence-electron chi connectivity index (χ3n) is 4.35. The van der Waals surface area contributed by atoms with Crippen molar-refractivity contribution in [1.29, 1.82) is 0 Å². The first kappa shape index (κ1) is 21.1. The number of carbonyl (C=O) groups is 4. The first-order valence-electron chi connectivity index (χ1n) is 8.54. The van der Waals surface area contributed by atoms with Crippen LogP contribution in [-0.2, 0) is 20.7 Å². The fourth-order valence-electron chi connectivity index (χ4n) is 3.07. The van der Waals surface area contributed by atoms with Crippen molar-refractivity contribution >= 4 is 47.2 Å². The van der Waals surface area contributed by atoms with Crippen LogP contribution in [0.4, 0.5) is 4.79 Å². The van der Waals surface area contributed by atoms with Crippen LogP contribution in [0.3, 0.4) is 0 Å². The van der Waals surface area contributed by atoms with E-state index < -0.39 is 35.3 Å². The molecule has 29 heavy (non-hydrogen) atoms. The Kier molecular flexibility index (Phi) is 6.38. The third kappa shape index (κ3) is 4.20. The van der Waals surface area contributed by atoms with E-state index in [4.69, 9.17) is 16.0 Å². The molecule has 3 amide bonds. The molecule has 156 valence electrons. The van der Waals surface area contributed by atoms with Gasteiger partial charge in [0.25, 0.3) is 5.91 Å². The van der Waals surface area contributed by atoms with Crippen molar-refractivity contribution in [2.24, 2.45) is 0 Å². The molecule has 3 rings (SSSR count). The number of ether oxygens (including phenoxy) is 1. The zero-order valence-electron chi connectivity index (χ0n) is 15.3. The number of rotatable bonds is 7. The summed E-state index contributed by atoms with van der Waals surface area (Å²) in [6.45, 7) is 0.247. The van der Waals surface area contributed by atoms with Crippen LogP contribution in [0.1, 0.15) is 16.3 Å². The molecule has 3 N–H and O–H groups in total. The summed E-state index contributed by atoms with van der Waals surface area (Å²) in [5.74, 6) is -1.45. The number of urea groups is 1. The number of β-lactam (4-membered cyclic amide) rings is 1. The lowest BCUT2D eigenvalue weighted by Crippen LogP contribution is -2.71. The maximum Gasteiger partial charge on any atom is 0.373 e. The molecule has 10 nitrogen and oxygen atoms in total. The van der Waals surface area contributed by atoms with Gasteiger partial charge in [0.2, 0.25) is 5.76 Å². The van der Waals surface area contributed by atoms with Crippen LogP contribution in [0, 0.1) is 0 Å². The number of halogens is 1. The molecule has 2 aliphatic heterocycles. The van der Waals surface area contributed by atoms with E-state index in [1.807, 2.05) is 0 Å². The van der Waals surface area contributed by atoms with Crippen LogP contribution in [0.5, 0.6) is 0 Å². The number of hydrogen-bond donors (Lipinski definition) is 3. The number of carboxylic acid groups (broad SMARTS) is 1. The topological polar surface area (TPSA) is 138 Å². The van der Waals surface area contributed by atoms with Gasteiger partial charge < -0.3 is 24.9 Å². The number of alkyl halides is 1. The van der Waals surface area contributed by atoms with Gasteiger partial charge in [-0.25, -0.2) is 14.4 Å². The van der Waals surface area contributed by atoms with E-state index in [1.165, 1.54) is 29.8 Å². The maximum atomic E-state index is 12.5. The number of methoxy groups -OCH3 is 1. The van der Waals surface area contributed by atoms with Gasteiger partial charge in [-0.3, -0.25) is 9.69 Å². The highest BCUT2D eigenvalue weighted by Crippen LogP contribution is 2.41. The number of carboxylic acids is 1. The SMILES string of the molecule is COC(=O)c1ccc(CC2=C(C(=O)O)N3C(=O)[C@@H](NC(=O)NCCCl)[C@H]3SC2)o1. The van der Waals surface area contributed by atoms with Crippen LogP contribution < -0.4 is 10.6 Å². The van der Waals surface area contributed by atoms with Crippen LogP contribution in [0.15, 0.2) is 27.8 Å². The second-order valence-corrected chi connectivity index (χ2v) is 7.65. The third-order valence-corrected chi connectivity index (χ3v) is 5.88. The summed E-state index contributed by atoms with van der Waals surface area (Å²) in [5.41, 5.74) is 0.344. The molecule has 1 saturated heterocycles. The highest BCUT2D eigenvalue weighted by molar-refractivity contribution is 8.00. The smallest absolute Gasteiger partial charge is 0.373 e. The Bertz CT molecular complexity index is 884. The minimum absolute atomic E-state index is 0.00793. The predicted molar refractivity (Wildman–Crippen MR) is 103 cm³/mol. The number of furan rings is 1. The molecule has 2 atom stereocenters. The Labute approximate surface area is 174 Å². The minimum Gasteiger partial charge on any atom is -0.477 e. The van der Waals surface area contributed by atoms with Crippen molar-refractivity contribution in [3.8, 4) is 0 Å². The quantitative estimate of drug-likeness (QED) is 0.319. The molecule has 1 aromatic heterocycles. The van der Waals surface area contributed by atoms with Gasteiger partial charge in [-0.15, -0.1) is 23.4 Å². The van der Waals surface area contributed by atoms with E-state index in [1.54, 1.807) is 6.07 Å². The van der Waals surface area contributed by atoms with Crippen molar-refractivity contribution in [2.45, 2.75) is 17.8 Å². The average Bonchev–Trinajstić information content (AvgIpc) is 3.17.